The SMILES string of the molecule is c1ccc(-c2cc3ccccc3c3ccccc23)c(-c2ccc(-c3ccc4sc5ccccc5c4c3)c3ccccc23)c1. The van der Waals surface area contributed by atoms with E-state index in [0.29, 0.717) is 0 Å². The normalized spacial score (nSPS) is 11.7. The van der Waals surface area contributed by atoms with Crippen LogP contribution in [-0.4, -0.2) is 0 Å². The summed E-state index contributed by atoms with van der Waals surface area (Å²) in [5.74, 6) is 0. The Morgan fingerprint density at radius 2 is 0.814 bits per heavy atom. The molecule has 0 saturated carbocycles. The number of hydrogen-bond donors (Lipinski definition) is 0. The molecule has 8 aromatic carbocycles. The van der Waals surface area contributed by atoms with Gasteiger partial charge in [-0.3, -0.25) is 0 Å². The minimum atomic E-state index is 1.25. The van der Waals surface area contributed by atoms with E-state index in [1.807, 2.05) is 11.3 Å². The molecule has 0 nitrogen and oxygen atoms in total. The number of rotatable bonds is 3. The van der Waals surface area contributed by atoms with Gasteiger partial charge in [-0.05, 0) is 90.0 Å². The van der Waals surface area contributed by atoms with Gasteiger partial charge in [0.05, 0.1) is 0 Å². The molecule has 0 aliphatic rings. The molecular weight excluding hydrogens is 537 g/mol. The zero-order chi connectivity index (χ0) is 28.3. The number of hydrogen-bond acceptors (Lipinski definition) is 1. The highest BCUT2D eigenvalue weighted by Gasteiger charge is 2.16. The van der Waals surface area contributed by atoms with E-state index >= 15 is 0 Å². The topological polar surface area (TPSA) is 0 Å². The fourth-order valence-corrected chi connectivity index (χ4v) is 8.00. The van der Waals surface area contributed by atoms with Crippen molar-refractivity contribution >= 4 is 63.8 Å². The van der Waals surface area contributed by atoms with E-state index < -0.39 is 0 Å². The minimum Gasteiger partial charge on any atom is -0.135 e. The summed E-state index contributed by atoms with van der Waals surface area (Å²) in [6.45, 7) is 0. The van der Waals surface area contributed by atoms with Gasteiger partial charge in [0.2, 0.25) is 0 Å². The molecule has 9 aromatic rings. The summed E-state index contributed by atoms with van der Waals surface area (Å²) in [7, 11) is 0. The Bertz CT molecular complexity index is 2510. The zero-order valence-electron chi connectivity index (χ0n) is 23.4. The molecule has 1 heteroatoms. The molecule has 0 atom stereocenters. The van der Waals surface area contributed by atoms with Gasteiger partial charge in [0.1, 0.15) is 0 Å². The Labute approximate surface area is 254 Å². The second-order valence-electron chi connectivity index (χ2n) is 11.3. The largest absolute Gasteiger partial charge is 0.135 e. The first-order valence-corrected chi connectivity index (χ1v) is 15.6. The molecule has 200 valence electrons. The highest BCUT2D eigenvalue weighted by molar-refractivity contribution is 7.25. The molecule has 0 N–H and O–H groups in total. The Morgan fingerprint density at radius 3 is 1.60 bits per heavy atom. The van der Waals surface area contributed by atoms with Gasteiger partial charge in [-0.15, -0.1) is 11.3 Å². The monoisotopic (exact) mass is 562 g/mol. The van der Waals surface area contributed by atoms with Gasteiger partial charge < -0.3 is 0 Å². The molecule has 0 spiro atoms. The number of benzene rings is 8. The van der Waals surface area contributed by atoms with Crippen LogP contribution in [0.25, 0.3) is 85.9 Å². The summed E-state index contributed by atoms with van der Waals surface area (Å²) in [6, 6.07) is 58.0. The molecule has 0 aliphatic carbocycles. The van der Waals surface area contributed by atoms with Crippen molar-refractivity contribution in [3.63, 3.8) is 0 Å². The van der Waals surface area contributed by atoms with Gasteiger partial charge >= 0.3 is 0 Å². The molecule has 0 amide bonds. The van der Waals surface area contributed by atoms with Gasteiger partial charge in [-0.2, -0.15) is 0 Å². The Hall–Kier alpha value is -5.24. The van der Waals surface area contributed by atoms with Crippen molar-refractivity contribution in [2.75, 3.05) is 0 Å². The van der Waals surface area contributed by atoms with Crippen LogP contribution in [0.15, 0.2) is 158 Å². The van der Waals surface area contributed by atoms with E-state index in [2.05, 4.69) is 158 Å². The summed E-state index contributed by atoms with van der Waals surface area (Å²) in [4.78, 5) is 0. The predicted octanol–water partition coefficient (Wildman–Crippen LogP) is 12.5. The number of fused-ring (bicyclic) bond motifs is 7. The lowest BCUT2D eigenvalue weighted by molar-refractivity contribution is 1.62. The van der Waals surface area contributed by atoms with Crippen LogP contribution < -0.4 is 0 Å². The molecule has 0 bridgehead atoms. The van der Waals surface area contributed by atoms with Crippen molar-refractivity contribution in [1.82, 2.24) is 0 Å². The molecule has 0 saturated heterocycles. The maximum atomic E-state index is 2.38. The van der Waals surface area contributed by atoms with Crippen LogP contribution in [-0.2, 0) is 0 Å². The third kappa shape index (κ3) is 3.82. The van der Waals surface area contributed by atoms with Crippen LogP contribution in [0.4, 0.5) is 0 Å². The van der Waals surface area contributed by atoms with Crippen molar-refractivity contribution in [3.8, 4) is 33.4 Å². The Morgan fingerprint density at radius 1 is 0.279 bits per heavy atom. The fraction of sp³-hybridized carbons (Fsp3) is 0. The van der Waals surface area contributed by atoms with Crippen LogP contribution in [0.3, 0.4) is 0 Å². The Kier molecular flexibility index (Phi) is 5.47. The van der Waals surface area contributed by atoms with Gasteiger partial charge in [0, 0.05) is 20.2 Å². The van der Waals surface area contributed by atoms with Crippen LogP contribution in [0.1, 0.15) is 0 Å². The smallest absolute Gasteiger partial charge is 0.0355 e. The van der Waals surface area contributed by atoms with Crippen LogP contribution in [0.5, 0.6) is 0 Å². The summed E-state index contributed by atoms with van der Waals surface area (Å²) >= 11 is 1.87. The second kappa shape index (κ2) is 9.66. The lowest BCUT2D eigenvalue weighted by Gasteiger charge is -2.17. The average Bonchev–Trinajstić information content (AvgIpc) is 3.45. The van der Waals surface area contributed by atoms with Crippen LogP contribution in [0.2, 0.25) is 0 Å². The third-order valence-electron chi connectivity index (χ3n) is 8.89. The van der Waals surface area contributed by atoms with Crippen molar-refractivity contribution in [1.29, 1.82) is 0 Å². The van der Waals surface area contributed by atoms with Crippen LogP contribution >= 0.6 is 11.3 Å². The van der Waals surface area contributed by atoms with E-state index in [1.165, 1.54) is 85.9 Å². The van der Waals surface area contributed by atoms with Crippen LogP contribution in [0, 0.1) is 0 Å². The first kappa shape index (κ1) is 24.4. The van der Waals surface area contributed by atoms with E-state index in [9.17, 15) is 0 Å². The maximum Gasteiger partial charge on any atom is 0.0355 e. The second-order valence-corrected chi connectivity index (χ2v) is 12.3. The first-order valence-electron chi connectivity index (χ1n) is 14.8. The van der Waals surface area contributed by atoms with Gasteiger partial charge in [-0.25, -0.2) is 0 Å². The van der Waals surface area contributed by atoms with Gasteiger partial charge in [0.15, 0.2) is 0 Å². The average molecular weight is 563 g/mol. The van der Waals surface area contributed by atoms with Gasteiger partial charge in [-0.1, -0.05) is 133 Å². The Balaban J connectivity index is 1.27. The summed E-state index contributed by atoms with van der Waals surface area (Å²) in [5.41, 5.74) is 7.57. The molecule has 0 fully saturated rings. The quantitative estimate of drug-likeness (QED) is 0.188. The lowest BCUT2D eigenvalue weighted by atomic mass is 9.86. The molecule has 9 rings (SSSR count). The minimum absolute atomic E-state index is 1.25. The van der Waals surface area contributed by atoms with Crippen molar-refractivity contribution in [3.05, 3.63) is 158 Å². The fourth-order valence-electron chi connectivity index (χ4n) is 6.91. The predicted molar refractivity (Wildman–Crippen MR) is 188 cm³/mol. The van der Waals surface area contributed by atoms with E-state index in [4.69, 9.17) is 0 Å². The molecular formula is C42H26S. The summed E-state index contributed by atoms with van der Waals surface area (Å²) < 4.78 is 2.68. The molecule has 0 unspecified atom stereocenters. The third-order valence-corrected chi connectivity index (χ3v) is 10.0. The lowest BCUT2D eigenvalue weighted by Crippen LogP contribution is -1.90. The molecule has 0 aliphatic heterocycles. The first-order chi connectivity index (χ1) is 21.3. The molecule has 1 heterocycles. The van der Waals surface area contributed by atoms with Crippen molar-refractivity contribution < 1.29 is 0 Å². The van der Waals surface area contributed by atoms with E-state index in [1.54, 1.807) is 0 Å². The van der Waals surface area contributed by atoms with Gasteiger partial charge in [0.25, 0.3) is 0 Å². The van der Waals surface area contributed by atoms with Crippen molar-refractivity contribution in [2.24, 2.45) is 0 Å². The highest BCUT2D eigenvalue weighted by Crippen LogP contribution is 2.44. The highest BCUT2D eigenvalue weighted by atomic mass is 32.1. The summed E-state index contributed by atoms with van der Waals surface area (Å²) in [6.07, 6.45) is 0. The molecule has 1 aromatic heterocycles. The standard InChI is InChI=1S/C42H26S/c1-2-12-29-27(11-1)25-39(35-17-7-4-13-31(29)35)36-18-8-6-16-34(36)37-23-22-30(32-14-3-5-15-33(32)37)28-21-24-42-40(26-28)38-19-9-10-20-41(38)43-42/h1-26H. The number of thiophene rings is 1. The summed E-state index contributed by atoms with van der Waals surface area (Å²) in [5, 5.41) is 10.4. The van der Waals surface area contributed by atoms with E-state index in [-0.39, 0.29) is 0 Å². The molecule has 43 heavy (non-hydrogen) atoms. The molecule has 0 radical (unpaired) electrons. The maximum absolute atomic E-state index is 2.38. The van der Waals surface area contributed by atoms with Crippen molar-refractivity contribution in [2.45, 2.75) is 0 Å². The zero-order valence-corrected chi connectivity index (χ0v) is 24.2. The van der Waals surface area contributed by atoms with E-state index in [0.717, 1.165) is 0 Å².